The molecular weight excluding hydrogens is 370 g/mol. The molecule has 0 amide bonds. The van der Waals surface area contributed by atoms with E-state index < -0.39 is 0 Å². The molecule has 1 aliphatic heterocycles. The van der Waals surface area contributed by atoms with E-state index in [9.17, 15) is 0 Å². The lowest BCUT2D eigenvalue weighted by atomic mass is 10.3. The maximum atomic E-state index is 5.38. The van der Waals surface area contributed by atoms with E-state index in [1.807, 2.05) is 0 Å². The van der Waals surface area contributed by atoms with E-state index in [0.717, 1.165) is 69.3 Å². The number of hydrogen-bond donors (Lipinski definition) is 1. The summed E-state index contributed by atoms with van der Waals surface area (Å²) in [5.74, 6) is 0.969. The van der Waals surface area contributed by atoms with Crippen molar-refractivity contribution in [3.05, 3.63) is 22.4 Å². The molecule has 0 radical (unpaired) electrons. The molecule has 0 bridgehead atoms. The van der Waals surface area contributed by atoms with Gasteiger partial charge in [-0.25, -0.2) is 0 Å². The Hall–Kier alpha value is -1.05. The summed E-state index contributed by atoms with van der Waals surface area (Å²) in [5.41, 5.74) is 1.25. The van der Waals surface area contributed by atoms with Crippen molar-refractivity contribution in [3.63, 3.8) is 0 Å². The largest absolute Gasteiger partial charge is 0.379 e. The zero-order chi connectivity index (χ0) is 17.4. The zero-order valence-electron chi connectivity index (χ0n) is 15.1. The molecular formula is C17H30BrN5O. The SMILES string of the molecule is CCNC(=NCCCN1CCOCC1)N(C)Cc1cc(Br)cn1C. The monoisotopic (exact) mass is 399 g/mol. The highest BCUT2D eigenvalue weighted by molar-refractivity contribution is 9.10. The Morgan fingerprint density at radius 3 is 2.79 bits per heavy atom. The number of nitrogens with zero attached hydrogens (tertiary/aromatic N) is 4. The van der Waals surface area contributed by atoms with Gasteiger partial charge in [-0.15, -0.1) is 0 Å². The molecule has 0 spiro atoms. The van der Waals surface area contributed by atoms with Crippen LogP contribution in [-0.4, -0.2) is 73.3 Å². The zero-order valence-corrected chi connectivity index (χ0v) is 16.7. The number of aryl methyl sites for hydroxylation is 1. The van der Waals surface area contributed by atoms with Crippen LogP contribution in [0.15, 0.2) is 21.7 Å². The molecule has 1 aromatic rings. The van der Waals surface area contributed by atoms with Crippen LogP contribution in [0.3, 0.4) is 0 Å². The quantitative estimate of drug-likeness (QED) is 0.432. The van der Waals surface area contributed by atoms with E-state index in [4.69, 9.17) is 9.73 Å². The number of guanidine groups is 1. The molecule has 6 nitrogen and oxygen atoms in total. The lowest BCUT2D eigenvalue weighted by molar-refractivity contribution is 0.0377. The maximum Gasteiger partial charge on any atom is 0.194 e. The van der Waals surface area contributed by atoms with Gasteiger partial charge in [-0.05, 0) is 35.3 Å². The molecule has 24 heavy (non-hydrogen) atoms. The number of hydrogen-bond acceptors (Lipinski definition) is 3. The van der Waals surface area contributed by atoms with Crippen molar-refractivity contribution in [2.24, 2.45) is 12.0 Å². The standard InChI is InChI=1S/C17H30BrN5O/c1-4-19-17(20-6-5-7-23-8-10-24-11-9-23)22(3)14-16-12-15(18)13-21(16)2/h12-13H,4-11,14H2,1-3H3,(H,19,20). The molecule has 1 N–H and O–H groups in total. The van der Waals surface area contributed by atoms with Gasteiger partial charge in [0.15, 0.2) is 5.96 Å². The highest BCUT2D eigenvalue weighted by Gasteiger charge is 2.11. The van der Waals surface area contributed by atoms with Gasteiger partial charge in [0.1, 0.15) is 0 Å². The molecule has 0 saturated carbocycles. The van der Waals surface area contributed by atoms with Crippen molar-refractivity contribution in [3.8, 4) is 0 Å². The van der Waals surface area contributed by atoms with E-state index in [2.05, 4.69) is 68.9 Å². The Morgan fingerprint density at radius 2 is 2.17 bits per heavy atom. The molecule has 2 rings (SSSR count). The Morgan fingerprint density at radius 1 is 1.42 bits per heavy atom. The van der Waals surface area contributed by atoms with Crippen molar-refractivity contribution < 1.29 is 4.74 Å². The summed E-state index contributed by atoms with van der Waals surface area (Å²) >= 11 is 3.53. The van der Waals surface area contributed by atoms with Crippen LogP contribution in [0.1, 0.15) is 19.0 Å². The second kappa shape index (κ2) is 10.1. The van der Waals surface area contributed by atoms with Crippen molar-refractivity contribution in [2.75, 3.05) is 53.0 Å². The van der Waals surface area contributed by atoms with Gasteiger partial charge < -0.3 is 19.5 Å². The van der Waals surface area contributed by atoms with Gasteiger partial charge in [-0.2, -0.15) is 0 Å². The summed E-state index contributed by atoms with van der Waals surface area (Å²) in [7, 11) is 4.16. The van der Waals surface area contributed by atoms with Crippen molar-refractivity contribution in [1.29, 1.82) is 0 Å². The molecule has 1 saturated heterocycles. The van der Waals surface area contributed by atoms with Gasteiger partial charge in [0.2, 0.25) is 0 Å². The summed E-state index contributed by atoms with van der Waals surface area (Å²) in [6, 6.07) is 2.15. The predicted octanol–water partition coefficient (Wildman–Crippen LogP) is 1.91. The molecule has 0 aromatic carbocycles. The smallest absolute Gasteiger partial charge is 0.194 e. The first-order valence-electron chi connectivity index (χ1n) is 8.70. The van der Waals surface area contributed by atoms with E-state index in [0.29, 0.717) is 0 Å². The highest BCUT2D eigenvalue weighted by atomic mass is 79.9. The van der Waals surface area contributed by atoms with Gasteiger partial charge in [-0.1, -0.05) is 0 Å². The fourth-order valence-corrected chi connectivity index (χ4v) is 3.39. The Kier molecular flexibility index (Phi) is 8.08. The van der Waals surface area contributed by atoms with Crippen LogP contribution in [0.25, 0.3) is 0 Å². The van der Waals surface area contributed by atoms with Gasteiger partial charge >= 0.3 is 0 Å². The molecule has 0 atom stereocenters. The van der Waals surface area contributed by atoms with Crippen LogP contribution in [0.5, 0.6) is 0 Å². The molecule has 1 aliphatic rings. The second-order valence-corrected chi connectivity index (χ2v) is 7.08. The van der Waals surface area contributed by atoms with E-state index in [1.165, 1.54) is 5.69 Å². The average molecular weight is 400 g/mol. The number of aromatic nitrogens is 1. The molecule has 136 valence electrons. The van der Waals surface area contributed by atoms with Crippen LogP contribution in [-0.2, 0) is 18.3 Å². The van der Waals surface area contributed by atoms with Crippen LogP contribution >= 0.6 is 15.9 Å². The number of morpholine rings is 1. The van der Waals surface area contributed by atoms with E-state index in [1.54, 1.807) is 0 Å². The first-order valence-corrected chi connectivity index (χ1v) is 9.49. The third-order valence-electron chi connectivity index (χ3n) is 4.17. The molecule has 1 aromatic heterocycles. The number of aliphatic imine (C=N–C) groups is 1. The third kappa shape index (κ3) is 6.11. The van der Waals surface area contributed by atoms with E-state index in [-0.39, 0.29) is 0 Å². The van der Waals surface area contributed by atoms with Crippen LogP contribution in [0, 0.1) is 0 Å². The van der Waals surface area contributed by atoms with Gasteiger partial charge in [0.25, 0.3) is 0 Å². The second-order valence-electron chi connectivity index (χ2n) is 6.16. The lowest BCUT2D eigenvalue weighted by Gasteiger charge is -2.26. The van der Waals surface area contributed by atoms with E-state index >= 15 is 0 Å². The van der Waals surface area contributed by atoms with Crippen molar-refractivity contribution in [2.45, 2.75) is 19.9 Å². The first-order chi connectivity index (χ1) is 11.6. The van der Waals surface area contributed by atoms with Crippen LogP contribution in [0.4, 0.5) is 0 Å². The number of halogens is 1. The number of nitrogens with one attached hydrogen (secondary N) is 1. The minimum atomic E-state index is 0.831. The number of ether oxygens (including phenoxy) is 1. The summed E-state index contributed by atoms with van der Waals surface area (Å²) in [6.07, 6.45) is 3.16. The summed E-state index contributed by atoms with van der Waals surface area (Å²) < 4.78 is 8.64. The van der Waals surface area contributed by atoms with Crippen LogP contribution in [0.2, 0.25) is 0 Å². The minimum absolute atomic E-state index is 0.831. The van der Waals surface area contributed by atoms with Crippen molar-refractivity contribution in [1.82, 2.24) is 19.7 Å². The Bertz CT molecular complexity index is 525. The lowest BCUT2D eigenvalue weighted by Crippen LogP contribution is -2.39. The fraction of sp³-hybridized carbons (Fsp3) is 0.706. The van der Waals surface area contributed by atoms with Gasteiger partial charge in [-0.3, -0.25) is 9.89 Å². The highest BCUT2D eigenvalue weighted by Crippen LogP contribution is 2.15. The predicted molar refractivity (Wildman–Crippen MR) is 102 cm³/mol. The summed E-state index contributed by atoms with van der Waals surface area (Å²) in [4.78, 5) is 9.42. The average Bonchev–Trinajstić information content (AvgIpc) is 2.88. The third-order valence-corrected chi connectivity index (χ3v) is 4.60. The minimum Gasteiger partial charge on any atom is -0.379 e. The fourth-order valence-electron chi connectivity index (χ4n) is 2.81. The Labute approximate surface area is 154 Å². The molecule has 0 unspecified atom stereocenters. The van der Waals surface area contributed by atoms with Gasteiger partial charge in [0.05, 0.1) is 19.8 Å². The molecule has 7 heteroatoms. The topological polar surface area (TPSA) is 45.0 Å². The number of rotatable bonds is 7. The summed E-state index contributed by atoms with van der Waals surface area (Å²) in [6.45, 7) is 9.58. The maximum absolute atomic E-state index is 5.38. The summed E-state index contributed by atoms with van der Waals surface area (Å²) in [5, 5.41) is 3.39. The van der Waals surface area contributed by atoms with Crippen LogP contribution < -0.4 is 5.32 Å². The normalized spacial score (nSPS) is 16.4. The molecule has 0 aliphatic carbocycles. The Balaban J connectivity index is 1.83. The molecule has 1 fully saturated rings. The van der Waals surface area contributed by atoms with Crippen molar-refractivity contribution >= 4 is 21.9 Å². The first kappa shape index (κ1) is 19.3. The molecule has 2 heterocycles. The van der Waals surface area contributed by atoms with Gasteiger partial charge in [0, 0.05) is 63.2 Å².